The Morgan fingerprint density at radius 3 is 2.40 bits per heavy atom. The molecule has 0 aromatic heterocycles. The van der Waals surface area contributed by atoms with E-state index in [-0.39, 0.29) is 5.82 Å². The van der Waals surface area contributed by atoms with Crippen molar-refractivity contribution in [2.24, 2.45) is 0 Å². The number of anilines is 2. The first-order valence-corrected chi connectivity index (χ1v) is 5.02. The zero-order chi connectivity index (χ0) is 11.4. The van der Waals surface area contributed by atoms with Crippen molar-refractivity contribution in [1.29, 1.82) is 0 Å². The van der Waals surface area contributed by atoms with E-state index in [1.807, 2.05) is 18.7 Å². The van der Waals surface area contributed by atoms with Crippen molar-refractivity contribution in [3.63, 3.8) is 0 Å². The van der Waals surface area contributed by atoms with Gasteiger partial charge in [-0.2, -0.15) is 0 Å². The van der Waals surface area contributed by atoms with Gasteiger partial charge in [0.15, 0.2) is 0 Å². The van der Waals surface area contributed by atoms with E-state index in [1.165, 1.54) is 13.2 Å². The average molecular weight is 212 g/mol. The summed E-state index contributed by atoms with van der Waals surface area (Å²) < 4.78 is 18.7. The Morgan fingerprint density at radius 2 is 1.93 bits per heavy atom. The molecular weight excluding hydrogens is 195 g/mol. The standard InChI is InChI=1S/C11H17FN2O/c1-4-14(5-2)10-7-11(15-3)9(13)6-8(10)12/h6-7H,4-5,13H2,1-3H3. The molecule has 0 atom stereocenters. The number of nitrogens with two attached hydrogens (primary N) is 1. The van der Waals surface area contributed by atoms with Gasteiger partial charge in [0.25, 0.3) is 0 Å². The quantitative estimate of drug-likeness (QED) is 0.778. The molecule has 0 fully saturated rings. The minimum absolute atomic E-state index is 0.308. The first kappa shape index (κ1) is 11.6. The van der Waals surface area contributed by atoms with Crippen LogP contribution in [0.3, 0.4) is 0 Å². The van der Waals surface area contributed by atoms with Crippen molar-refractivity contribution in [3.8, 4) is 5.75 Å². The van der Waals surface area contributed by atoms with Crippen molar-refractivity contribution in [2.75, 3.05) is 30.8 Å². The molecule has 84 valence electrons. The highest BCUT2D eigenvalue weighted by Gasteiger charge is 2.12. The number of hydrogen-bond acceptors (Lipinski definition) is 3. The van der Waals surface area contributed by atoms with Gasteiger partial charge in [-0.1, -0.05) is 0 Å². The number of rotatable bonds is 4. The predicted molar refractivity (Wildman–Crippen MR) is 60.9 cm³/mol. The Labute approximate surface area is 89.6 Å². The van der Waals surface area contributed by atoms with Gasteiger partial charge in [0.1, 0.15) is 11.6 Å². The highest BCUT2D eigenvalue weighted by molar-refractivity contribution is 5.63. The van der Waals surface area contributed by atoms with E-state index >= 15 is 0 Å². The van der Waals surface area contributed by atoms with Gasteiger partial charge in [0.2, 0.25) is 0 Å². The molecular formula is C11H17FN2O. The molecule has 0 aliphatic heterocycles. The lowest BCUT2D eigenvalue weighted by molar-refractivity contribution is 0.416. The maximum Gasteiger partial charge on any atom is 0.148 e. The third-order valence-electron chi connectivity index (χ3n) is 2.40. The summed E-state index contributed by atoms with van der Waals surface area (Å²) in [4.78, 5) is 1.91. The van der Waals surface area contributed by atoms with Gasteiger partial charge < -0.3 is 15.4 Å². The zero-order valence-corrected chi connectivity index (χ0v) is 9.38. The van der Waals surface area contributed by atoms with Gasteiger partial charge in [-0.25, -0.2) is 4.39 Å². The Kier molecular flexibility index (Phi) is 3.77. The fraction of sp³-hybridized carbons (Fsp3) is 0.455. The van der Waals surface area contributed by atoms with Crippen LogP contribution >= 0.6 is 0 Å². The number of methoxy groups -OCH3 is 1. The van der Waals surface area contributed by atoms with Crippen molar-refractivity contribution < 1.29 is 9.13 Å². The summed E-state index contributed by atoms with van der Waals surface area (Å²) in [5, 5.41) is 0. The van der Waals surface area contributed by atoms with Crippen molar-refractivity contribution >= 4 is 11.4 Å². The molecule has 0 saturated heterocycles. The molecule has 4 heteroatoms. The van der Waals surface area contributed by atoms with E-state index in [2.05, 4.69) is 0 Å². The first-order valence-electron chi connectivity index (χ1n) is 5.02. The second-order valence-corrected chi connectivity index (χ2v) is 3.22. The molecule has 1 aromatic rings. The summed E-state index contributed by atoms with van der Waals surface area (Å²) >= 11 is 0. The van der Waals surface area contributed by atoms with Crippen LogP contribution in [0.15, 0.2) is 12.1 Å². The van der Waals surface area contributed by atoms with E-state index in [0.29, 0.717) is 17.1 Å². The lowest BCUT2D eigenvalue weighted by Gasteiger charge is -2.22. The Bertz CT molecular complexity index is 338. The molecule has 15 heavy (non-hydrogen) atoms. The molecule has 0 spiro atoms. The van der Waals surface area contributed by atoms with Crippen LogP contribution in [-0.4, -0.2) is 20.2 Å². The molecule has 1 aromatic carbocycles. The molecule has 3 nitrogen and oxygen atoms in total. The molecule has 0 unspecified atom stereocenters. The van der Waals surface area contributed by atoms with Crippen LogP contribution in [0.1, 0.15) is 13.8 Å². The van der Waals surface area contributed by atoms with Crippen LogP contribution < -0.4 is 15.4 Å². The largest absolute Gasteiger partial charge is 0.495 e. The van der Waals surface area contributed by atoms with Crippen LogP contribution in [0, 0.1) is 5.82 Å². The minimum atomic E-state index is -0.308. The van der Waals surface area contributed by atoms with Crippen LogP contribution in [0.4, 0.5) is 15.8 Å². The number of benzene rings is 1. The minimum Gasteiger partial charge on any atom is -0.495 e. The average Bonchev–Trinajstić information content (AvgIpc) is 2.22. The summed E-state index contributed by atoms with van der Waals surface area (Å²) in [7, 11) is 1.52. The number of hydrogen-bond donors (Lipinski definition) is 1. The van der Waals surface area contributed by atoms with Crippen LogP contribution in [0.2, 0.25) is 0 Å². The first-order chi connectivity index (χ1) is 7.13. The molecule has 0 aliphatic carbocycles. The third-order valence-corrected chi connectivity index (χ3v) is 2.40. The molecule has 0 heterocycles. The van der Waals surface area contributed by atoms with Gasteiger partial charge in [-0.3, -0.25) is 0 Å². The van der Waals surface area contributed by atoms with Crippen LogP contribution in [0.25, 0.3) is 0 Å². The molecule has 2 N–H and O–H groups in total. The fourth-order valence-electron chi connectivity index (χ4n) is 1.54. The van der Waals surface area contributed by atoms with Gasteiger partial charge >= 0.3 is 0 Å². The lowest BCUT2D eigenvalue weighted by atomic mass is 10.2. The normalized spacial score (nSPS) is 10.1. The Hall–Kier alpha value is -1.45. The summed E-state index contributed by atoms with van der Waals surface area (Å²) in [5.74, 6) is 0.204. The van der Waals surface area contributed by atoms with E-state index in [4.69, 9.17) is 10.5 Å². The van der Waals surface area contributed by atoms with E-state index in [1.54, 1.807) is 6.07 Å². The van der Waals surface area contributed by atoms with Crippen LogP contribution in [-0.2, 0) is 0 Å². The highest BCUT2D eigenvalue weighted by atomic mass is 19.1. The highest BCUT2D eigenvalue weighted by Crippen LogP contribution is 2.30. The molecule has 1 rings (SSSR count). The number of nitrogens with zero attached hydrogens (tertiary/aromatic N) is 1. The van der Waals surface area contributed by atoms with Crippen molar-refractivity contribution in [1.82, 2.24) is 0 Å². The molecule has 0 bridgehead atoms. The summed E-state index contributed by atoms with van der Waals surface area (Å²) in [5.41, 5.74) is 6.46. The monoisotopic (exact) mass is 212 g/mol. The second-order valence-electron chi connectivity index (χ2n) is 3.22. The van der Waals surface area contributed by atoms with Crippen molar-refractivity contribution in [3.05, 3.63) is 17.9 Å². The Morgan fingerprint density at radius 1 is 1.33 bits per heavy atom. The second kappa shape index (κ2) is 4.87. The molecule has 0 radical (unpaired) electrons. The maximum atomic E-state index is 13.6. The number of nitrogen functional groups attached to an aromatic ring is 1. The summed E-state index contributed by atoms with van der Waals surface area (Å²) in [6.45, 7) is 5.46. The van der Waals surface area contributed by atoms with E-state index < -0.39 is 0 Å². The van der Waals surface area contributed by atoms with Gasteiger partial charge in [-0.15, -0.1) is 0 Å². The Balaban J connectivity index is 3.17. The molecule has 0 saturated carbocycles. The fourth-order valence-corrected chi connectivity index (χ4v) is 1.54. The zero-order valence-electron chi connectivity index (χ0n) is 9.38. The summed E-state index contributed by atoms with van der Waals surface area (Å²) in [6.07, 6.45) is 0. The van der Waals surface area contributed by atoms with Gasteiger partial charge in [0.05, 0.1) is 18.5 Å². The SMILES string of the molecule is CCN(CC)c1cc(OC)c(N)cc1F. The lowest BCUT2D eigenvalue weighted by Crippen LogP contribution is -2.23. The van der Waals surface area contributed by atoms with Gasteiger partial charge in [0, 0.05) is 25.2 Å². The summed E-state index contributed by atoms with van der Waals surface area (Å²) in [6, 6.07) is 2.93. The van der Waals surface area contributed by atoms with E-state index in [9.17, 15) is 4.39 Å². The topological polar surface area (TPSA) is 38.5 Å². The maximum absolute atomic E-state index is 13.6. The smallest absolute Gasteiger partial charge is 0.148 e. The van der Waals surface area contributed by atoms with Crippen molar-refractivity contribution in [2.45, 2.75) is 13.8 Å². The molecule has 0 amide bonds. The number of halogens is 1. The number of ether oxygens (including phenoxy) is 1. The van der Waals surface area contributed by atoms with Gasteiger partial charge in [-0.05, 0) is 13.8 Å². The predicted octanol–water partition coefficient (Wildman–Crippen LogP) is 2.26. The van der Waals surface area contributed by atoms with Crippen LogP contribution in [0.5, 0.6) is 5.75 Å². The molecule has 0 aliphatic rings. The third kappa shape index (κ3) is 2.32. The van der Waals surface area contributed by atoms with E-state index in [0.717, 1.165) is 13.1 Å².